The Morgan fingerprint density at radius 3 is 1.54 bits per heavy atom. The molecule has 0 radical (unpaired) electrons. The van der Waals surface area contributed by atoms with E-state index in [1.54, 1.807) is 54.6 Å². The minimum atomic E-state index is 0.244. The zero-order chi connectivity index (χ0) is 46.0. The van der Waals surface area contributed by atoms with Crippen molar-refractivity contribution in [3.63, 3.8) is 0 Å². The van der Waals surface area contributed by atoms with Gasteiger partial charge in [0.1, 0.15) is 0 Å². The largest absolute Gasteiger partial charge is 0.308 e. The Hall–Kier alpha value is -10.5. The molecular weight excluding hydrogens is 825 g/mol. The van der Waals surface area contributed by atoms with E-state index in [1.165, 1.54) is 0 Å². The average molecular weight is 853 g/mol. The van der Waals surface area contributed by atoms with Crippen molar-refractivity contribution < 1.29 is 0 Å². The second-order valence-electron chi connectivity index (χ2n) is 15.4. The van der Waals surface area contributed by atoms with Gasteiger partial charge in [-0.05, 0) is 77.4 Å². The number of hydrogen-bond donors (Lipinski definition) is 0. The molecule has 2 aromatic heterocycles. The van der Waals surface area contributed by atoms with E-state index in [9.17, 15) is 21.0 Å². The Bertz CT molecular complexity index is 3790. The summed E-state index contributed by atoms with van der Waals surface area (Å²) < 4.78 is 2.11. The third-order valence-electron chi connectivity index (χ3n) is 11.6. The summed E-state index contributed by atoms with van der Waals surface area (Å²) in [5.41, 5.74) is 9.75. The Balaban J connectivity index is 1.36. The summed E-state index contributed by atoms with van der Waals surface area (Å²) >= 11 is 0. The molecular formula is C57H28N10. The van der Waals surface area contributed by atoms with Gasteiger partial charge in [-0.15, -0.1) is 0 Å². The quantitative estimate of drug-likeness (QED) is 0.145. The van der Waals surface area contributed by atoms with Gasteiger partial charge in [0, 0.05) is 55.3 Å². The lowest BCUT2D eigenvalue weighted by molar-refractivity contribution is 1.07. The zero-order valence-electron chi connectivity index (χ0n) is 35.1. The van der Waals surface area contributed by atoms with Crippen molar-refractivity contribution in [2.45, 2.75) is 0 Å². The van der Waals surface area contributed by atoms with Gasteiger partial charge < -0.3 is 4.57 Å². The highest BCUT2D eigenvalue weighted by molar-refractivity contribution is 6.12. The van der Waals surface area contributed by atoms with E-state index in [0.717, 1.165) is 38.5 Å². The van der Waals surface area contributed by atoms with E-state index in [1.807, 2.05) is 115 Å². The van der Waals surface area contributed by atoms with Crippen LogP contribution in [0.2, 0.25) is 0 Å². The van der Waals surface area contributed by atoms with Gasteiger partial charge in [-0.3, -0.25) is 0 Å². The highest BCUT2D eigenvalue weighted by Gasteiger charge is 2.26. The summed E-state index contributed by atoms with van der Waals surface area (Å²) in [6.07, 6.45) is 0. The first-order chi connectivity index (χ1) is 32.9. The molecule has 10 nitrogen and oxygen atoms in total. The summed E-state index contributed by atoms with van der Waals surface area (Å²) in [7, 11) is 0. The molecule has 0 spiro atoms. The Morgan fingerprint density at radius 2 is 0.940 bits per heavy atom. The molecule has 306 valence electrons. The molecule has 0 saturated carbocycles. The van der Waals surface area contributed by atoms with E-state index in [4.69, 9.17) is 28.1 Å². The fourth-order valence-corrected chi connectivity index (χ4v) is 8.54. The molecule has 0 aliphatic carbocycles. The van der Waals surface area contributed by atoms with E-state index in [2.05, 4.69) is 38.5 Å². The van der Waals surface area contributed by atoms with Crippen LogP contribution in [0.25, 0.3) is 105 Å². The van der Waals surface area contributed by atoms with Crippen molar-refractivity contribution in [3.8, 4) is 97.5 Å². The van der Waals surface area contributed by atoms with E-state index < -0.39 is 0 Å². The van der Waals surface area contributed by atoms with E-state index in [0.29, 0.717) is 79.0 Å². The van der Waals surface area contributed by atoms with Gasteiger partial charge in [0.2, 0.25) is 0 Å². The van der Waals surface area contributed by atoms with Crippen LogP contribution in [0.15, 0.2) is 170 Å². The summed E-state index contributed by atoms with van der Waals surface area (Å²) in [6, 6.07) is 61.1. The molecule has 10 aromatic rings. The molecule has 0 atom stereocenters. The number of aromatic nitrogens is 4. The molecule has 0 N–H and O–H groups in total. The maximum atomic E-state index is 10.8. The SMILES string of the molecule is [C-]#[N+]c1ccc(-c2cc(-c3nc(-c4ccccc4)nc(-c4ccccc4)n3)cc(-c3ccc(C#N)cc3C#N)c2-n2c3ccccc3c3cc(-c4ccc(C#N)cc4[N+]#[C-])ccc32)c(C#N)c1. The molecule has 0 amide bonds. The molecule has 0 bridgehead atoms. The van der Waals surface area contributed by atoms with Gasteiger partial charge in [0.25, 0.3) is 0 Å². The van der Waals surface area contributed by atoms with Crippen LogP contribution < -0.4 is 0 Å². The maximum absolute atomic E-state index is 10.8. The summed E-state index contributed by atoms with van der Waals surface area (Å²) in [4.78, 5) is 22.5. The van der Waals surface area contributed by atoms with Gasteiger partial charge in [-0.1, -0.05) is 109 Å². The number of para-hydroxylation sites is 1. The fourth-order valence-electron chi connectivity index (χ4n) is 8.54. The van der Waals surface area contributed by atoms with Crippen LogP contribution in [0.5, 0.6) is 0 Å². The van der Waals surface area contributed by atoms with Gasteiger partial charge in [-0.25, -0.2) is 24.6 Å². The first-order valence-electron chi connectivity index (χ1n) is 20.8. The summed E-state index contributed by atoms with van der Waals surface area (Å²) in [6.45, 7) is 15.8. The van der Waals surface area contributed by atoms with Crippen molar-refractivity contribution in [2.75, 3.05) is 0 Å². The molecule has 67 heavy (non-hydrogen) atoms. The second-order valence-corrected chi connectivity index (χ2v) is 15.4. The first kappa shape index (κ1) is 40.6. The molecule has 0 fully saturated rings. The number of fused-ring (bicyclic) bond motifs is 3. The molecule has 0 saturated heterocycles. The van der Waals surface area contributed by atoms with E-state index in [-0.39, 0.29) is 11.1 Å². The molecule has 2 heterocycles. The minimum Gasteiger partial charge on any atom is -0.308 e. The lowest BCUT2D eigenvalue weighted by atomic mass is 9.88. The Kier molecular flexibility index (Phi) is 10.3. The highest BCUT2D eigenvalue weighted by Crippen LogP contribution is 2.46. The van der Waals surface area contributed by atoms with Crippen molar-refractivity contribution in [2.24, 2.45) is 0 Å². The number of nitriles is 4. The van der Waals surface area contributed by atoms with Crippen LogP contribution in [-0.2, 0) is 0 Å². The van der Waals surface area contributed by atoms with Crippen LogP contribution in [0.3, 0.4) is 0 Å². The first-order valence-corrected chi connectivity index (χ1v) is 20.8. The van der Waals surface area contributed by atoms with Crippen LogP contribution in [0.4, 0.5) is 11.4 Å². The molecule has 0 unspecified atom stereocenters. The van der Waals surface area contributed by atoms with Gasteiger partial charge in [-0.2, -0.15) is 21.0 Å². The molecule has 10 heteroatoms. The van der Waals surface area contributed by atoms with E-state index >= 15 is 0 Å². The van der Waals surface area contributed by atoms with Gasteiger partial charge >= 0.3 is 0 Å². The summed E-state index contributed by atoms with van der Waals surface area (Å²) in [5.74, 6) is 1.21. The normalized spacial score (nSPS) is 10.6. The lowest BCUT2D eigenvalue weighted by Crippen LogP contribution is -2.05. The third kappa shape index (κ3) is 7.21. The molecule has 0 aliphatic rings. The number of benzene rings is 8. The predicted octanol–water partition coefficient (Wildman–Crippen LogP) is 13.6. The average Bonchev–Trinajstić information content (AvgIpc) is 3.73. The van der Waals surface area contributed by atoms with Gasteiger partial charge in [0.15, 0.2) is 28.8 Å². The third-order valence-corrected chi connectivity index (χ3v) is 11.6. The topological polar surface area (TPSA) is 147 Å². The second kappa shape index (κ2) is 17.0. The number of nitrogens with zero attached hydrogens (tertiary/aromatic N) is 10. The van der Waals surface area contributed by atoms with Crippen molar-refractivity contribution in [1.82, 2.24) is 19.5 Å². The van der Waals surface area contributed by atoms with Crippen LogP contribution >= 0.6 is 0 Å². The maximum Gasteiger partial charge on any atom is 0.196 e. The highest BCUT2D eigenvalue weighted by atomic mass is 15.0. The smallest absolute Gasteiger partial charge is 0.196 e. The number of hydrogen-bond acceptors (Lipinski definition) is 7. The van der Waals surface area contributed by atoms with Crippen molar-refractivity contribution >= 4 is 33.2 Å². The van der Waals surface area contributed by atoms with Crippen molar-refractivity contribution in [3.05, 3.63) is 215 Å². The monoisotopic (exact) mass is 852 g/mol. The van der Waals surface area contributed by atoms with Gasteiger partial charge in [0.05, 0.1) is 65.3 Å². The lowest BCUT2D eigenvalue weighted by Gasteiger charge is -2.22. The molecule has 8 aromatic carbocycles. The fraction of sp³-hybridized carbons (Fsp3) is 0. The van der Waals surface area contributed by atoms with Crippen LogP contribution in [0.1, 0.15) is 22.3 Å². The van der Waals surface area contributed by atoms with Crippen LogP contribution in [0, 0.1) is 58.5 Å². The van der Waals surface area contributed by atoms with Crippen LogP contribution in [-0.4, -0.2) is 19.5 Å². The zero-order valence-corrected chi connectivity index (χ0v) is 35.1. The molecule has 0 aliphatic heterocycles. The Morgan fingerprint density at radius 1 is 0.403 bits per heavy atom. The number of rotatable bonds is 7. The standard InChI is InChI=1S/C57H28N10/c1-62-43-20-23-45(42(27-43)34-61)50-30-40(57-65-55(37-11-5-3-6-12-37)64-56(66-57)38-13-7-4-8-14-38)29-49(44-21-17-35(31-58)25-41(44)33-60)54(50)67-52-16-10-9-15-47(52)48-28-39(19-24-53(48)67)46-22-18-36(32-59)26-51(46)63-2/h3-30H. The minimum absolute atomic E-state index is 0.244. The predicted molar refractivity (Wildman–Crippen MR) is 258 cm³/mol. The molecule has 10 rings (SSSR count). The van der Waals surface area contributed by atoms with Crippen molar-refractivity contribution in [1.29, 1.82) is 21.0 Å². The summed E-state index contributed by atoms with van der Waals surface area (Å²) in [5, 5.41) is 42.9. The Labute approximate surface area is 384 Å².